The summed E-state index contributed by atoms with van der Waals surface area (Å²) >= 11 is 7.73. The predicted octanol–water partition coefficient (Wildman–Crippen LogP) is 4.82. The lowest BCUT2D eigenvalue weighted by molar-refractivity contribution is -0.122. The van der Waals surface area contributed by atoms with E-state index in [0.717, 1.165) is 18.5 Å². The molecule has 1 atom stereocenters. The summed E-state index contributed by atoms with van der Waals surface area (Å²) in [6.07, 6.45) is 0.849. The van der Waals surface area contributed by atoms with Gasteiger partial charge in [-0.25, -0.2) is 17.8 Å². The summed E-state index contributed by atoms with van der Waals surface area (Å²) in [4.78, 5) is 14.6. The summed E-state index contributed by atoms with van der Waals surface area (Å²) in [5.74, 6) is 0.0835. The molecule has 1 aliphatic heterocycles. The lowest BCUT2D eigenvalue weighted by Gasteiger charge is -2.28. The molecule has 1 saturated heterocycles. The fraction of sp³-hybridized carbons (Fsp3) is 0.304. The molecule has 12 heteroatoms. The highest BCUT2D eigenvalue weighted by Crippen LogP contribution is 2.32. The molecule has 0 saturated carbocycles. The molecule has 0 bridgehead atoms. The number of hydrogen-bond donors (Lipinski definition) is 3. The van der Waals surface area contributed by atoms with Crippen LogP contribution < -0.4 is 10.0 Å². The molecular formula is C23H26ClFN4O4S2. The maximum atomic E-state index is 14.2. The highest BCUT2D eigenvalue weighted by molar-refractivity contribution is 7.92. The standard InChI is InChI=1S/C22H24ClFN4O2S2.CH2O2/c1-15-3-5-19(24)16(9-15)11-28-8-7-22(2,13-28)26-20-6-4-17(10-18(20)23)32(29,30)27-21-12-31-14-25-21;2-1-3/h3-6,9-10,12,14,26-27H,7-8,11,13H2,1-2H3;1H,(H,2,3). The van der Waals surface area contributed by atoms with E-state index in [-0.39, 0.29) is 28.5 Å². The Morgan fingerprint density at radius 1 is 1.31 bits per heavy atom. The Hall–Kier alpha value is -2.73. The number of thiazole rings is 1. The Balaban J connectivity index is 0.00000108. The molecule has 1 fully saturated rings. The second-order valence-electron chi connectivity index (χ2n) is 8.47. The van der Waals surface area contributed by atoms with Crippen molar-refractivity contribution in [3.63, 3.8) is 0 Å². The van der Waals surface area contributed by atoms with Crippen LogP contribution in [0.5, 0.6) is 0 Å². The van der Waals surface area contributed by atoms with Crippen LogP contribution in [-0.4, -0.2) is 48.5 Å². The molecule has 35 heavy (non-hydrogen) atoms. The van der Waals surface area contributed by atoms with E-state index in [2.05, 4.69) is 26.8 Å². The third-order valence-corrected chi connectivity index (χ3v) is 7.76. The van der Waals surface area contributed by atoms with Crippen molar-refractivity contribution in [2.24, 2.45) is 0 Å². The molecule has 3 aromatic rings. The number of halogens is 2. The van der Waals surface area contributed by atoms with E-state index in [4.69, 9.17) is 21.5 Å². The van der Waals surface area contributed by atoms with E-state index >= 15 is 0 Å². The lowest BCUT2D eigenvalue weighted by atomic mass is 10.0. The van der Waals surface area contributed by atoms with E-state index < -0.39 is 10.0 Å². The van der Waals surface area contributed by atoms with Gasteiger partial charge in [-0.05, 0) is 44.5 Å². The summed E-state index contributed by atoms with van der Waals surface area (Å²) in [7, 11) is -3.78. The molecule has 1 unspecified atom stereocenters. The molecule has 0 amide bonds. The number of carboxylic acid groups (broad SMARTS) is 1. The maximum Gasteiger partial charge on any atom is 0.290 e. The number of benzene rings is 2. The number of nitrogens with one attached hydrogen (secondary N) is 2. The van der Waals surface area contributed by atoms with Gasteiger partial charge in [-0.1, -0.05) is 29.3 Å². The van der Waals surface area contributed by atoms with Gasteiger partial charge in [-0.3, -0.25) is 14.4 Å². The normalized spacial score (nSPS) is 17.9. The van der Waals surface area contributed by atoms with Gasteiger partial charge >= 0.3 is 0 Å². The minimum absolute atomic E-state index is 0.0641. The van der Waals surface area contributed by atoms with Gasteiger partial charge in [-0.2, -0.15) is 0 Å². The number of sulfonamides is 1. The number of aryl methyl sites for hydroxylation is 1. The Kier molecular flexibility index (Phi) is 8.70. The lowest BCUT2D eigenvalue weighted by Crippen LogP contribution is -2.38. The molecule has 3 N–H and O–H groups in total. The monoisotopic (exact) mass is 540 g/mol. The number of aromatic nitrogens is 1. The van der Waals surface area contributed by atoms with Crippen molar-refractivity contribution in [3.05, 3.63) is 69.3 Å². The van der Waals surface area contributed by atoms with Crippen molar-refractivity contribution in [3.8, 4) is 0 Å². The van der Waals surface area contributed by atoms with Crippen LogP contribution in [-0.2, 0) is 21.4 Å². The number of nitrogens with zero attached hydrogens (tertiary/aromatic N) is 2. The Morgan fingerprint density at radius 3 is 2.71 bits per heavy atom. The van der Waals surface area contributed by atoms with Crippen LogP contribution in [0, 0.1) is 12.7 Å². The average molecular weight is 541 g/mol. The molecule has 0 aliphatic carbocycles. The molecule has 2 heterocycles. The second-order valence-corrected chi connectivity index (χ2v) is 11.3. The third kappa shape index (κ3) is 7.14. The first-order valence-electron chi connectivity index (χ1n) is 10.6. The summed E-state index contributed by atoms with van der Waals surface area (Å²) < 4.78 is 41.7. The van der Waals surface area contributed by atoms with E-state index in [1.54, 1.807) is 23.0 Å². The minimum atomic E-state index is -3.78. The van der Waals surface area contributed by atoms with E-state index in [1.807, 2.05) is 13.0 Å². The fourth-order valence-corrected chi connectivity index (χ4v) is 5.78. The third-order valence-electron chi connectivity index (χ3n) is 5.51. The van der Waals surface area contributed by atoms with Gasteiger partial charge in [0.25, 0.3) is 16.5 Å². The topological polar surface area (TPSA) is 112 Å². The van der Waals surface area contributed by atoms with Gasteiger partial charge in [0.1, 0.15) is 5.82 Å². The molecule has 8 nitrogen and oxygen atoms in total. The summed E-state index contributed by atoms with van der Waals surface area (Å²) in [5.41, 5.74) is 3.66. The van der Waals surface area contributed by atoms with Crippen LogP contribution in [0.25, 0.3) is 0 Å². The second kappa shape index (κ2) is 11.3. The van der Waals surface area contributed by atoms with Crippen molar-refractivity contribution in [1.82, 2.24) is 9.88 Å². The maximum absolute atomic E-state index is 14.2. The number of carbonyl (C=O) groups is 1. The van der Waals surface area contributed by atoms with Gasteiger partial charge in [0.2, 0.25) is 0 Å². The van der Waals surface area contributed by atoms with Crippen molar-refractivity contribution < 1.29 is 22.7 Å². The summed E-state index contributed by atoms with van der Waals surface area (Å²) in [5, 5.41) is 12.3. The van der Waals surface area contributed by atoms with Crippen molar-refractivity contribution in [2.75, 3.05) is 23.1 Å². The van der Waals surface area contributed by atoms with Crippen LogP contribution in [0.4, 0.5) is 15.9 Å². The van der Waals surface area contributed by atoms with Crippen molar-refractivity contribution in [1.29, 1.82) is 0 Å². The zero-order chi connectivity index (χ0) is 25.6. The Bertz CT molecular complexity index is 1270. The average Bonchev–Trinajstić information content (AvgIpc) is 3.42. The zero-order valence-electron chi connectivity index (χ0n) is 19.2. The molecule has 2 aromatic carbocycles. The Labute approximate surface area is 212 Å². The highest BCUT2D eigenvalue weighted by Gasteiger charge is 2.34. The fourth-order valence-electron chi connectivity index (χ4n) is 3.91. The van der Waals surface area contributed by atoms with E-state index in [1.165, 1.54) is 29.5 Å². The van der Waals surface area contributed by atoms with Gasteiger partial charge in [0.15, 0.2) is 5.82 Å². The number of anilines is 2. The number of likely N-dealkylation sites (tertiary alicyclic amines) is 1. The van der Waals surface area contributed by atoms with Gasteiger partial charge in [0, 0.05) is 36.1 Å². The predicted molar refractivity (Wildman–Crippen MR) is 136 cm³/mol. The van der Waals surface area contributed by atoms with Gasteiger partial charge < -0.3 is 10.4 Å². The van der Waals surface area contributed by atoms with Crippen LogP contribution in [0.15, 0.2) is 52.2 Å². The first-order chi connectivity index (χ1) is 16.5. The Morgan fingerprint density at radius 2 is 2.06 bits per heavy atom. The summed E-state index contributed by atoms with van der Waals surface area (Å²) in [6, 6.07) is 9.78. The number of hydrogen-bond acceptors (Lipinski definition) is 7. The van der Waals surface area contributed by atoms with Crippen molar-refractivity contribution in [2.45, 2.75) is 37.2 Å². The molecule has 0 spiro atoms. The van der Waals surface area contributed by atoms with Crippen LogP contribution in [0.3, 0.4) is 0 Å². The first-order valence-corrected chi connectivity index (χ1v) is 13.4. The first kappa shape index (κ1) is 26.9. The van der Waals surface area contributed by atoms with Crippen molar-refractivity contribution >= 4 is 50.9 Å². The smallest absolute Gasteiger partial charge is 0.290 e. The molecule has 0 radical (unpaired) electrons. The molecule has 188 valence electrons. The SMILES string of the molecule is Cc1ccc(F)c(CN2CCC(C)(Nc3ccc(S(=O)(=O)Nc4cscn4)cc3Cl)C2)c1.O=CO. The van der Waals surface area contributed by atoms with Crippen LogP contribution in [0.1, 0.15) is 24.5 Å². The minimum Gasteiger partial charge on any atom is -0.483 e. The van der Waals surface area contributed by atoms with Crippen LogP contribution in [0.2, 0.25) is 5.02 Å². The van der Waals surface area contributed by atoms with E-state index in [0.29, 0.717) is 29.4 Å². The molecule has 1 aliphatic rings. The van der Waals surface area contributed by atoms with Crippen LogP contribution >= 0.6 is 22.9 Å². The quantitative estimate of drug-likeness (QED) is 0.368. The largest absolute Gasteiger partial charge is 0.483 e. The number of rotatable bonds is 7. The van der Waals surface area contributed by atoms with Gasteiger partial charge in [0.05, 0.1) is 21.1 Å². The molecule has 1 aromatic heterocycles. The molecule has 4 rings (SSSR count). The zero-order valence-corrected chi connectivity index (χ0v) is 21.6. The van der Waals surface area contributed by atoms with Gasteiger partial charge in [-0.15, -0.1) is 11.3 Å². The highest BCUT2D eigenvalue weighted by atomic mass is 35.5. The molecular weight excluding hydrogens is 515 g/mol. The summed E-state index contributed by atoms with van der Waals surface area (Å²) in [6.45, 7) is 5.86. The van der Waals surface area contributed by atoms with E-state index in [9.17, 15) is 12.8 Å².